The summed E-state index contributed by atoms with van der Waals surface area (Å²) in [6, 6.07) is 51.8. The summed E-state index contributed by atoms with van der Waals surface area (Å²) in [5.41, 5.74) is 9.09. The van der Waals surface area contributed by atoms with E-state index >= 15 is 0 Å². The Morgan fingerprint density at radius 1 is 0.375 bits per heavy atom. The van der Waals surface area contributed by atoms with Crippen LogP contribution in [0.1, 0.15) is 0 Å². The van der Waals surface area contributed by atoms with Gasteiger partial charge in [-0.05, 0) is 34.4 Å². The Balaban J connectivity index is 1.34. The molecule has 0 bridgehead atoms. The standard InChI is InChI=1S/C38H24OS/c1-2-12-25(13-3-1)26-14-10-15-27(24-26)37-33-19-6-7-20-34(33)38(40-37)32-18-5-4-16-28(32)30-21-11-22-31-29-17-8-9-23-35(29)39-36(30)31/h1-24H. The third-order valence-corrected chi connectivity index (χ3v) is 9.02. The molecule has 0 saturated carbocycles. The van der Waals surface area contributed by atoms with Crippen molar-refractivity contribution >= 4 is 44.0 Å². The van der Waals surface area contributed by atoms with Gasteiger partial charge >= 0.3 is 0 Å². The average Bonchev–Trinajstić information content (AvgIpc) is 3.61. The second-order valence-electron chi connectivity index (χ2n) is 10.1. The van der Waals surface area contributed by atoms with Gasteiger partial charge in [0.2, 0.25) is 0 Å². The zero-order chi connectivity index (χ0) is 26.5. The number of furan rings is 1. The second kappa shape index (κ2) is 9.37. The quantitative estimate of drug-likeness (QED) is 0.221. The molecule has 1 nitrogen and oxygen atoms in total. The summed E-state index contributed by atoms with van der Waals surface area (Å²) in [5, 5.41) is 4.86. The van der Waals surface area contributed by atoms with Crippen LogP contribution in [0.25, 0.3) is 75.8 Å². The molecule has 0 N–H and O–H groups in total. The third kappa shape index (κ3) is 3.69. The summed E-state index contributed by atoms with van der Waals surface area (Å²) in [6.45, 7) is 0. The Morgan fingerprint density at radius 3 is 1.80 bits per heavy atom. The first-order chi connectivity index (χ1) is 19.8. The Bertz CT molecular complexity index is 2160. The summed E-state index contributed by atoms with van der Waals surface area (Å²) in [5.74, 6) is 0. The van der Waals surface area contributed by atoms with E-state index in [4.69, 9.17) is 4.42 Å². The topological polar surface area (TPSA) is 13.1 Å². The van der Waals surface area contributed by atoms with Crippen molar-refractivity contribution in [3.05, 3.63) is 146 Å². The maximum absolute atomic E-state index is 6.45. The van der Waals surface area contributed by atoms with Crippen LogP contribution in [0.3, 0.4) is 0 Å². The van der Waals surface area contributed by atoms with Crippen LogP contribution in [0.2, 0.25) is 0 Å². The molecular weight excluding hydrogens is 504 g/mol. The highest BCUT2D eigenvalue weighted by Crippen LogP contribution is 2.48. The number of thiophene rings is 1. The Kier molecular flexibility index (Phi) is 5.39. The van der Waals surface area contributed by atoms with Crippen LogP contribution < -0.4 is 0 Å². The zero-order valence-corrected chi connectivity index (χ0v) is 22.5. The van der Waals surface area contributed by atoms with Gasteiger partial charge in [0.1, 0.15) is 11.2 Å². The summed E-state index contributed by atoms with van der Waals surface area (Å²) in [4.78, 5) is 2.57. The van der Waals surface area contributed by atoms with E-state index in [9.17, 15) is 0 Å². The van der Waals surface area contributed by atoms with Gasteiger partial charge in [-0.15, -0.1) is 11.3 Å². The van der Waals surface area contributed by atoms with E-state index in [1.165, 1.54) is 48.3 Å². The smallest absolute Gasteiger partial charge is 0.143 e. The van der Waals surface area contributed by atoms with Crippen LogP contribution in [0.5, 0.6) is 0 Å². The minimum Gasteiger partial charge on any atom is -0.455 e. The molecule has 2 heteroatoms. The minimum absolute atomic E-state index is 0.921. The van der Waals surface area contributed by atoms with E-state index in [1.807, 2.05) is 23.5 Å². The van der Waals surface area contributed by atoms with Gasteiger partial charge < -0.3 is 4.42 Å². The molecule has 40 heavy (non-hydrogen) atoms. The highest BCUT2D eigenvalue weighted by atomic mass is 32.1. The summed E-state index contributed by atoms with van der Waals surface area (Å²) >= 11 is 1.87. The number of benzene rings is 6. The Morgan fingerprint density at radius 2 is 0.950 bits per heavy atom. The molecule has 0 fully saturated rings. The van der Waals surface area contributed by atoms with E-state index in [0.29, 0.717) is 0 Å². The molecular formula is C38H24OS. The summed E-state index contributed by atoms with van der Waals surface area (Å²) in [6.07, 6.45) is 0. The monoisotopic (exact) mass is 528 g/mol. The zero-order valence-electron chi connectivity index (χ0n) is 21.7. The van der Waals surface area contributed by atoms with Gasteiger partial charge in [-0.1, -0.05) is 133 Å². The number of hydrogen-bond donors (Lipinski definition) is 0. The molecule has 0 spiro atoms. The normalized spacial score (nSPS) is 11.5. The fourth-order valence-electron chi connectivity index (χ4n) is 5.85. The molecule has 0 aliphatic rings. The van der Waals surface area contributed by atoms with E-state index in [0.717, 1.165) is 27.5 Å². The fourth-order valence-corrected chi connectivity index (χ4v) is 7.16. The molecule has 0 saturated heterocycles. The molecule has 2 heterocycles. The Labute approximate surface area is 236 Å². The van der Waals surface area contributed by atoms with Gasteiger partial charge in [0.25, 0.3) is 0 Å². The van der Waals surface area contributed by atoms with Crippen molar-refractivity contribution in [3.63, 3.8) is 0 Å². The highest BCUT2D eigenvalue weighted by Gasteiger charge is 2.19. The lowest BCUT2D eigenvalue weighted by molar-refractivity contribution is 0.670. The van der Waals surface area contributed by atoms with Gasteiger partial charge in [-0.2, -0.15) is 0 Å². The van der Waals surface area contributed by atoms with Crippen molar-refractivity contribution in [2.75, 3.05) is 0 Å². The largest absolute Gasteiger partial charge is 0.455 e. The molecule has 0 unspecified atom stereocenters. The van der Waals surface area contributed by atoms with Crippen molar-refractivity contribution in [2.45, 2.75) is 0 Å². The SMILES string of the molecule is c1ccc(-c2cccc(-c3sc(-c4ccccc4-c4cccc5c4oc4ccccc45)c4ccccc34)c2)cc1. The van der Waals surface area contributed by atoms with Crippen LogP contribution in [0.15, 0.2) is 150 Å². The molecule has 0 aliphatic carbocycles. The van der Waals surface area contributed by atoms with Crippen molar-refractivity contribution in [1.82, 2.24) is 0 Å². The van der Waals surface area contributed by atoms with Crippen LogP contribution in [0, 0.1) is 0 Å². The average molecular weight is 529 g/mol. The van der Waals surface area contributed by atoms with Gasteiger partial charge in [0.05, 0.1) is 0 Å². The first-order valence-electron chi connectivity index (χ1n) is 13.5. The van der Waals surface area contributed by atoms with Crippen molar-refractivity contribution in [3.8, 4) is 43.1 Å². The van der Waals surface area contributed by atoms with E-state index in [-0.39, 0.29) is 0 Å². The lowest BCUT2D eigenvalue weighted by Gasteiger charge is -2.10. The number of para-hydroxylation sites is 2. The first kappa shape index (κ1) is 23.0. The lowest BCUT2D eigenvalue weighted by Crippen LogP contribution is -1.84. The molecule has 0 atom stereocenters. The second-order valence-corrected chi connectivity index (χ2v) is 11.1. The lowest BCUT2D eigenvalue weighted by atomic mass is 9.95. The number of fused-ring (bicyclic) bond motifs is 4. The fraction of sp³-hybridized carbons (Fsp3) is 0. The maximum atomic E-state index is 6.45. The molecule has 188 valence electrons. The third-order valence-electron chi connectivity index (χ3n) is 7.72. The maximum Gasteiger partial charge on any atom is 0.143 e. The van der Waals surface area contributed by atoms with Crippen LogP contribution >= 0.6 is 11.3 Å². The number of rotatable bonds is 4. The van der Waals surface area contributed by atoms with Crippen LogP contribution in [-0.4, -0.2) is 0 Å². The Hall–Kier alpha value is -4.92. The van der Waals surface area contributed by atoms with E-state index < -0.39 is 0 Å². The highest BCUT2D eigenvalue weighted by molar-refractivity contribution is 7.21. The van der Waals surface area contributed by atoms with Gasteiger partial charge in [0, 0.05) is 42.4 Å². The van der Waals surface area contributed by atoms with Gasteiger partial charge in [-0.3, -0.25) is 0 Å². The van der Waals surface area contributed by atoms with E-state index in [1.54, 1.807) is 0 Å². The molecule has 0 radical (unpaired) electrons. The van der Waals surface area contributed by atoms with Crippen LogP contribution in [-0.2, 0) is 0 Å². The molecule has 8 rings (SSSR count). The summed E-state index contributed by atoms with van der Waals surface area (Å²) in [7, 11) is 0. The molecule has 0 amide bonds. The summed E-state index contributed by atoms with van der Waals surface area (Å²) < 4.78 is 6.45. The van der Waals surface area contributed by atoms with Crippen LogP contribution in [0.4, 0.5) is 0 Å². The van der Waals surface area contributed by atoms with Crippen molar-refractivity contribution < 1.29 is 4.42 Å². The number of hydrogen-bond acceptors (Lipinski definition) is 2. The van der Waals surface area contributed by atoms with Gasteiger partial charge in [0.15, 0.2) is 0 Å². The van der Waals surface area contributed by atoms with Gasteiger partial charge in [-0.25, -0.2) is 0 Å². The first-order valence-corrected chi connectivity index (χ1v) is 14.3. The van der Waals surface area contributed by atoms with Crippen molar-refractivity contribution in [2.24, 2.45) is 0 Å². The molecule has 2 aromatic heterocycles. The van der Waals surface area contributed by atoms with E-state index in [2.05, 4.69) is 133 Å². The molecule has 6 aromatic carbocycles. The predicted octanol–water partition coefficient (Wildman–Crippen LogP) is 11.5. The minimum atomic E-state index is 0.921. The predicted molar refractivity (Wildman–Crippen MR) is 171 cm³/mol. The molecule has 0 aliphatic heterocycles. The molecule has 8 aromatic rings. The van der Waals surface area contributed by atoms with Crippen molar-refractivity contribution in [1.29, 1.82) is 0 Å².